The first kappa shape index (κ1) is 22.8. The van der Waals surface area contributed by atoms with Crippen molar-refractivity contribution >= 4 is 33.6 Å². The number of nitrogens with zero attached hydrogens (tertiary/aromatic N) is 2. The number of esters is 2. The van der Waals surface area contributed by atoms with Gasteiger partial charge in [0.25, 0.3) is 0 Å². The summed E-state index contributed by atoms with van der Waals surface area (Å²) in [7, 11) is 2.16. The van der Waals surface area contributed by atoms with Gasteiger partial charge in [-0.3, -0.25) is 4.90 Å². The number of ether oxygens (including phenoxy) is 2. The van der Waals surface area contributed by atoms with Crippen molar-refractivity contribution in [1.82, 2.24) is 0 Å². The van der Waals surface area contributed by atoms with Crippen LogP contribution in [0.4, 0.5) is 10.1 Å². The van der Waals surface area contributed by atoms with E-state index in [9.17, 15) is 20.0 Å². The smallest absolute Gasteiger partial charge is 0.355 e. The lowest BCUT2D eigenvalue weighted by molar-refractivity contribution is -0.139. The number of methoxy groups -OCH3 is 2. The van der Waals surface area contributed by atoms with E-state index in [1.54, 1.807) is 30.3 Å². The van der Waals surface area contributed by atoms with Crippen molar-refractivity contribution in [2.75, 3.05) is 19.1 Å². The highest BCUT2D eigenvalue weighted by Crippen LogP contribution is 2.46. The Bertz CT molecular complexity index is 1200. The van der Waals surface area contributed by atoms with Crippen LogP contribution >= 0.6 is 15.9 Å². The van der Waals surface area contributed by atoms with Crippen LogP contribution in [0, 0.1) is 17.1 Å². The van der Waals surface area contributed by atoms with Gasteiger partial charge in [-0.15, -0.1) is 0 Å². The summed E-state index contributed by atoms with van der Waals surface area (Å²) >= 11 is 3.02. The molecule has 32 heavy (non-hydrogen) atoms. The Morgan fingerprint density at radius 2 is 1.78 bits per heavy atom. The van der Waals surface area contributed by atoms with Gasteiger partial charge in [0.2, 0.25) is 0 Å². The summed E-state index contributed by atoms with van der Waals surface area (Å²) in [4.78, 5) is 26.6. The molecule has 0 radical (unpaired) electrons. The second kappa shape index (κ2) is 9.11. The Hall–Kier alpha value is -3.84. The molecule has 1 aliphatic heterocycles. The lowest BCUT2D eigenvalue weighted by Crippen LogP contribution is -2.41. The number of phenolic OH excluding ortho intramolecular Hbond substituents is 1. The van der Waals surface area contributed by atoms with Gasteiger partial charge >= 0.3 is 11.9 Å². The number of allylic oxidation sites excluding steroid dienone is 1. The van der Waals surface area contributed by atoms with Gasteiger partial charge in [0, 0.05) is 0 Å². The molecule has 0 aliphatic carbocycles. The second-order valence-electron chi connectivity index (χ2n) is 6.56. The minimum absolute atomic E-state index is 0.0503. The average Bonchev–Trinajstić information content (AvgIpc) is 2.81. The molecule has 10 heteroatoms. The molecule has 0 amide bonds. The normalized spacial score (nSPS) is 16.0. The first-order valence-corrected chi connectivity index (χ1v) is 9.90. The number of nitrogens with two attached hydrogens (primary N) is 1. The van der Waals surface area contributed by atoms with E-state index >= 15 is 4.39 Å². The largest absolute Gasteiger partial charge is 0.506 e. The Labute approximate surface area is 191 Å². The molecule has 164 valence electrons. The molecule has 1 unspecified atom stereocenters. The molecule has 0 spiro atoms. The van der Waals surface area contributed by atoms with Crippen molar-refractivity contribution in [3.63, 3.8) is 0 Å². The zero-order chi connectivity index (χ0) is 23.6. The van der Waals surface area contributed by atoms with Crippen molar-refractivity contribution in [2.45, 2.75) is 5.92 Å². The topological polar surface area (TPSA) is 126 Å². The van der Waals surface area contributed by atoms with Gasteiger partial charge < -0.3 is 20.3 Å². The van der Waals surface area contributed by atoms with Crippen molar-refractivity contribution in [2.24, 2.45) is 5.73 Å². The van der Waals surface area contributed by atoms with Gasteiger partial charge in [0.15, 0.2) is 5.82 Å². The van der Waals surface area contributed by atoms with Crippen molar-refractivity contribution in [3.8, 4) is 11.8 Å². The number of anilines is 1. The van der Waals surface area contributed by atoms with Crippen LogP contribution in [-0.2, 0) is 19.1 Å². The molecular weight excluding hydrogens is 485 g/mol. The number of hydrogen-bond acceptors (Lipinski definition) is 8. The van der Waals surface area contributed by atoms with E-state index in [-0.39, 0.29) is 21.4 Å². The fourth-order valence-electron chi connectivity index (χ4n) is 3.49. The monoisotopic (exact) mass is 501 g/mol. The summed E-state index contributed by atoms with van der Waals surface area (Å²) < 4.78 is 24.8. The van der Waals surface area contributed by atoms with E-state index in [0.717, 1.165) is 25.2 Å². The molecule has 0 aromatic heterocycles. The maximum atomic E-state index is 15.1. The Balaban J connectivity index is 2.49. The number of phenols is 1. The maximum absolute atomic E-state index is 15.1. The third-order valence-corrected chi connectivity index (χ3v) is 5.49. The summed E-state index contributed by atoms with van der Waals surface area (Å²) in [6.07, 6.45) is 0. The number of halogens is 2. The van der Waals surface area contributed by atoms with E-state index < -0.39 is 40.8 Å². The van der Waals surface area contributed by atoms with Gasteiger partial charge in [-0.2, -0.15) is 5.26 Å². The highest BCUT2D eigenvalue weighted by molar-refractivity contribution is 9.10. The zero-order valence-corrected chi connectivity index (χ0v) is 18.5. The molecule has 1 atom stereocenters. The summed E-state index contributed by atoms with van der Waals surface area (Å²) in [6.45, 7) is 0. The first-order chi connectivity index (χ1) is 15.3. The van der Waals surface area contributed by atoms with Gasteiger partial charge in [0.1, 0.15) is 23.0 Å². The molecule has 2 aromatic carbocycles. The number of carbonyl (C=O) groups excluding carboxylic acids is 2. The molecule has 3 rings (SSSR count). The van der Waals surface area contributed by atoms with Crippen LogP contribution in [0.3, 0.4) is 0 Å². The van der Waals surface area contributed by atoms with Gasteiger partial charge in [-0.25, -0.2) is 14.0 Å². The molecule has 0 bridgehead atoms. The summed E-state index contributed by atoms with van der Waals surface area (Å²) in [5.74, 6) is -5.04. The van der Waals surface area contributed by atoms with Crippen LogP contribution in [0.25, 0.3) is 0 Å². The standard InChI is InChI=1S/C22H17BrFN3O5/c1-31-21(29)16-15(11-6-4-3-5-7-11)12(10-25)20(26)27(19(16)22(30)32-2)18-14(28)9-8-13(23)17(18)24/h3-9,15,28H,26H2,1-2H3. The average molecular weight is 502 g/mol. The number of nitriles is 1. The first-order valence-electron chi connectivity index (χ1n) is 9.11. The fraction of sp³-hybridized carbons (Fsp3) is 0.136. The molecule has 1 aliphatic rings. The van der Waals surface area contributed by atoms with Crippen LogP contribution in [0.2, 0.25) is 0 Å². The van der Waals surface area contributed by atoms with E-state index in [1.807, 2.05) is 6.07 Å². The highest BCUT2D eigenvalue weighted by atomic mass is 79.9. The molecule has 0 saturated heterocycles. The predicted molar refractivity (Wildman–Crippen MR) is 115 cm³/mol. The lowest BCUT2D eigenvalue weighted by atomic mass is 9.81. The number of benzene rings is 2. The predicted octanol–water partition coefficient (Wildman–Crippen LogP) is 3.19. The van der Waals surface area contributed by atoms with E-state index in [2.05, 4.69) is 15.9 Å². The Morgan fingerprint density at radius 3 is 2.34 bits per heavy atom. The number of carbonyl (C=O) groups is 2. The summed E-state index contributed by atoms with van der Waals surface area (Å²) in [5.41, 5.74) is 5.25. The van der Waals surface area contributed by atoms with Crippen molar-refractivity contribution in [3.05, 3.63) is 81.0 Å². The molecular formula is C22H17BrFN3O5. The molecule has 0 fully saturated rings. The van der Waals surface area contributed by atoms with Crippen LogP contribution in [0.1, 0.15) is 11.5 Å². The fourth-order valence-corrected chi connectivity index (χ4v) is 3.81. The number of hydrogen-bond donors (Lipinski definition) is 2. The Kier molecular flexibility index (Phi) is 6.50. The van der Waals surface area contributed by atoms with Crippen molar-refractivity contribution in [1.29, 1.82) is 5.26 Å². The van der Waals surface area contributed by atoms with Crippen LogP contribution < -0.4 is 10.6 Å². The van der Waals surface area contributed by atoms with Gasteiger partial charge in [-0.05, 0) is 33.6 Å². The number of rotatable bonds is 4. The SMILES string of the molecule is COC(=O)C1=C(C(=O)OC)N(c2c(O)ccc(Br)c2F)C(N)=C(C#N)C1c1ccccc1. The molecule has 2 aromatic rings. The van der Waals surface area contributed by atoms with Gasteiger partial charge in [0.05, 0.1) is 41.8 Å². The quantitative estimate of drug-likeness (QED) is 0.611. The lowest BCUT2D eigenvalue weighted by Gasteiger charge is -2.36. The summed E-state index contributed by atoms with van der Waals surface area (Å²) in [5, 5.41) is 20.4. The van der Waals surface area contributed by atoms with Gasteiger partial charge in [-0.1, -0.05) is 30.3 Å². The van der Waals surface area contributed by atoms with E-state index in [0.29, 0.717) is 5.56 Å². The highest BCUT2D eigenvalue weighted by Gasteiger charge is 2.44. The number of aromatic hydroxyl groups is 1. The van der Waals surface area contributed by atoms with Crippen LogP contribution in [0.15, 0.2) is 69.6 Å². The minimum Gasteiger partial charge on any atom is -0.506 e. The van der Waals surface area contributed by atoms with Crippen molar-refractivity contribution < 1.29 is 28.6 Å². The molecule has 3 N–H and O–H groups in total. The van der Waals surface area contributed by atoms with E-state index in [1.165, 1.54) is 6.07 Å². The second-order valence-corrected chi connectivity index (χ2v) is 7.42. The van der Waals surface area contributed by atoms with Crippen LogP contribution in [0.5, 0.6) is 5.75 Å². The molecule has 0 saturated carbocycles. The summed E-state index contributed by atoms with van der Waals surface area (Å²) in [6, 6.07) is 12.7. The minimum atomic E-state index is -1.10. The maximum Gasteiger partial charge on any atom is 0.355 e. The van der Waals surface area contributed by atoms with E-state index in [4.69, 9.17) is 15.2 Å². The Morgan fingerprint density at radius 1 is 1.16 bits per heavy atom. The molecule has 1 heterocycles. The third kappa shape index (κ3) is 3.67. The molecule has 8 nitrogen and oxygen atoms in total. The zero-order valence-electron chi connectivity index (χ0n) is 16.9. The van der Waals surface area contributed by atoms with Crippen LogP contribution in [-0.4, -0.2) is 31.3 Å². The third-order valence-electron chi connectivity index (χ3n) is 4.88.